The molecular weight excluding hydrogens is 316 g/mol. The van der Waals surface area contributed by atoms with E-state index in [-0.39, 0.29) is 0 Å². The van der Waals surface area contributed by atoms with Crippen molar-refractivity contribution in [3.8, 4) is 0 Å². The van der Waals surface area contributed by atoms with E-state index in [0.717, 1.165) is 25.3 Å². The normalized spacial score (nSPS) is 16.8. The summed E-state index contributed by atoms with van der Waals surface area (Å²) in [5.74, 6) is 0.813. The van der Waals surface area contributed by atoms with E-state index in [1.54, 1.807) is 0 Å². The Labute approximate surface area is 168 Å². The summed E-state index contributed by atoms with van der Waals surface area (Å²) in [5, 5.41) is 3.21. The van der Waals surface area contributed by atoms with Gasteiger partial charge in [-0.3, -0.25) is 4.90 Å². The lowest BCUT2D eigenvalue weighted by Crippen LogP contribution is -2.24. The molecule has 1 fully saturated rings. The van der Waals surface area contributed by atoms with Gasteiger partial charge in [-0.05, 0) is 52.2 Å². The average molecular weight is 371 g/mol. The SMILES string of the molecule is C=CC1CC(CNC)CN1C.C=CCCCC=C.CC.CC.CC.CC. The fourth-order valence-corrected chi connectivity index (χ4v) is 2.26. The minimum atomic E-state index is 0.605. The second-order valence-electron chi connectivity index (χ2n) is 4.91. The topological polar surface area (TPSA) is 15.3 Å². The highest BCUT2D eigenvalue weighted by Crippen LogP contribution is 2.21. The van der Waals surface area contributed by atoms with Crippen molar-refractivity contribution in [3.05, 3.63) is 38.0 Å². The lowest BCUT2D eigenvalue weighted by Gasteiger charge is -2.13. The smallest absolute Gasteiger partial charge is 0.0276 e. The van der Waals surface area contributed by atoms with Crippen LogP contribution in [0.25, 0.3) is 0 Å². The van der Waals surface area contributed by atoms with Crippen molar-refractivity contribution in [1.82, 2.24) is 10.2 Å². The zero-order valence-electron chi connectivity index (χ0n) is 20.2. The van der Waals surface area contributed by atoms with E-state index < -0.39 is 0 Å². The molecule has 1 saturated heterocycles. The number of nitrogens with zero attached hydrogens (tertiary/aromatic N) is 1. The molecular formula is C24H54N2. The Balaban J connectivity index is -0.0000000851. The molecule has 0 aromatic rings. The van der Waals surface area contributed by atoms with Gasteiger partial charge < -0.3 is 5.32 Å². The van der Waals surface area contributed by atoms with Crippen LogP contribution in [-0.2, 0) is 0 Å². The molecule has 2 unspecified atom stereocenters. The number of likely N-dealkylation sites (tertiary alicyclic amines) is 1. The molecule has 26 heavy (non-hydrogen) atoms. The number of hydrogen-bond donors (Lipinski definition) is 1. The van der Waals surface area contributed by atoms with Crippen molar-refractivity contribution in [3.63, 3.8) is 0 Å². The number of allylic oxidation sites excluding steroid dienone is 2. The predicted octanol–water partition coefficient (Wildman–Crippen LogP) is 7.35. The molecule has 0 radical (unpaired) electrons. The lowest BCUT2D eigenvalue weighted by molar-refractivity contribution is 0.348. The Morgan fingerprint density at radius 3 is 1.58 bits per heavy atom. The standard InChI is InChI=1S/C9H18N2.C7H12.4C2H6/c1-4-9-5-8(6-10-2)7-11(9)3;1-3-5-7-6-4-2;4*1-2/h4,8-10H,1,5-7H2,2-3H3;3-4H,1-2,5-7H2;4*1-2H3. The maximum atomic E-state index is 3.83. The summed E-state index contributed by atoms with van der Waals surface area (Å²) in [6.07, 6.45) is 10.6. The highest BCUT2D eigenvalue weighted by molar-refractivity contribution is 4.94. The van der Waals surface area contributed by atoms with Gasteiger partial charge in [-0.15, -0.1) is 19.7 Å². The first-order chi connectivity index (χ1) is 12.7. The molecule has 1 aliphatic rings. The third-order valence-corrected chi connectivity index (χ3v) is 3.27. The molecule has 2 heteroatoms. The first-order valence-corrected chi connectivity index (χ1v) is 10.9. The van der Waals surface area contributed by atoms with Crippen molar-refractivity contribution in [2.75, 3.05) is 27.2 Å². The van der Waals surface area contributed by atoms with E-state index in [9.17, 15) is 0 Å². The molecule has 0 amide bonds. The Kier molecular flexibility index (Phi) is 54.6. The van der Waals surface area contributed by atoms with E-state index in [1.165, 1.54) is 19.4 Å². The molecule has 0 spiro atoms. The van der Waals surface area contributed by atoms with E-state index in [1.807, 2.05) is 74.6 Å². The molecule has 2 atom stereocenters. The minimum Gasteiger partial charge on any atom is -0.319 e. The van der Waals surface area contributed by atoms with Crippen LogP contribution in [0.3, 0.4) is 0 Å². The third kappa shape index (κ3) is 28.0. The predicted molar refractivity (Wildman–Crippen MR) is 128 cm³/mol. The van der Waals surface area contributed by atoms with Crippen LogP contribution >= 0.6 is 0 Å². The summed E-state index contributed by atoms with van der Waals surface area (Å²) in [4.78, 5) is 2.37. The summed E-state index contributed by atoms with van der Waals surface area (Å²) in [6.45, 7) is 29.4. The highest BCUT2D eigenvalue weighted by atomic mass is 15.2. The average Bonchev–Trinajstić information content (AvgIpc) is 3.09. The van der Waals surface area contributed by atoms with Gasteiger partial charge in [0.05, 0.1) is 0 Å². The zero-order valence-corrected chi connectivity index (χ0v) is 20.2. The maximum Gasteiger partial charge on any atom is 0.0276 e. The number of nitrogens with one attached hydrogen (secondary N) is 1. The van der Waals surface area contributed by atoms with Crippen LogP contribution in [0.2, 0.25) is 0 Å². The van der Waals surface area contributed by atoms with Gasteiger partial charge in [-0.25, -0.2) is 0 Å². The fraction of sp³-hybridized carbons (Fsp3) is 0.750. The largest absolute Gasteiger partial charge is 0.319 e. The molecule has 0 aliphatic carbocycles. The zero-order chi connectivity index (χ0) is 21.8. The van der Waals surface area contributed by atoms with Crippen LogP contribution in [0.5, 0.6) is 0 Å². The van der Waals surface area contributed by atoms with Crippen LogP contribution < -0.4 is 5.32 Å². The maximum absolute atomic E-state index is 3.83. The summed E-state index contributed by atoms with van der Waals surface area (Å²) < 4.78 is 0. The molecule has 1 aliphatic heterocycles. The molecule has 0 aromatic heterocycles. The van der Waals surface area contributed by atoms with Gasteiger partial charge in [-0.2, -0.15) is 0 Å². The van der Waals surface area contributed by atoms with E-state index in [4.69, 9.17) is 0 Å². The Hall–Kier alpha value is -0.860. The minimum absolute atomic E-state index is 0.605. The highest BCUT2D eigenvalue weighted by Gasteiger charge is 2.26. The Bertz CT molecular complexity index is 228. The van der Waals surface area contributed by atoms with E-state index in [0.29, 0.717) is 6.04 Å². The Morgan fingerprint density at radius 1 is 0.885 bits per heavy atom. The van der Waals surface area contributed by atoms with Crippen LogP contribution in [-0.4, -0.2) is 38.1 Å². The first-order valence-electron chi connectivity index (χ1n) is 10.9. The van der Waals surface area contributed by atoms with Gasteiger partial charge in [0.2, 0.25) is 0 Å². The van der Waals surface area contributed by atoms with Gasteiger partial charge in [0.25, 0.3) is 0 Å². The second-order valence-corrected chi connectivity index (χ2v) is 4.91. The molecule has 0 saturated carbocycles. The van der Waals surface area contributed by atoms with Crippen LogP contribution in [0.15, 0.2) is 38.0 Å². The monoisotopic (exact) mass is 370 g/mol. The van der Waals surface area contributed by atoms with Crippen LogP contribution in [0.1, 0.15) is 81.1 Å². The van der Waals surface area contributed by atoms with Crippen molar-refractivity contribution in [2.45, 2.75) is 87.1 Å². The third-order valence-electron chi connectivity index (χ3n) is 3.27. The van der Waals surface area contributed by atoms with Crippen molar-refractivity contribution in [1.29, 1.82) is 0 Å². The van der Waals surface area contributed by atoms with Gasteiger partial charge in [0.1, 0.15) is 0 Å². The van der Waals surface area contributed by atoms with E-state index >= 15 is 0 Å². The van der Waals surface area contributed by atoms with Crippen LogP contribution in [0.4, 0.5) is 0 Å². The van der Waals surface area contributed by atoms with E-state index in [2.05, 4.69) is 43.1 Å². The number of likely N-dealkylation sites (N-methyl/N-ethyl adjacent to an activating group) is 1. The quantitative estimate of drug-likeness (QED) is 0.372. The summed E-state index contributed by atoms with van der Waals surface area (Å²) in [5.41, 5.74) is 0. The summed E-state index contributed by atoms with van der Waals surface area (Å²) in [7, 11) is 4.18. The molecule has 1 rings (SSSR count). The molecule has 1 N–H and O–H groups in total. The van der Waals surface area contributed by atoms with Gasteiger partial charge in [-0.1, -0.05) is 73.6 Å². The second kappa shape index (κ2) is 39.3. The molecule has 0 aromatic carbocycles. The first kappa shape index (κ1) is 36.1. The van der Waals surface area contributed by atoms with Crippen molar-refractivity contribution < 1.29 is 0 Å². The summed E-state index contributed by atoms with van der Waals surface area (Å²) >= 11 is 0. The molecule has 1 heterocycles. The van der Waals surface area contributed by atoms with Gasteiger partial charge >= 0.3 is 0 Å². The summed E-state index contributed by atoms with van der Waals surface area (Å²) in [6, 6.07) is 0.605. The van der Waals surface area contributed by atoms with Crippen molar-refractivity contribution in [2.24, 2.45) is 5.92 Å². The fourth-order valence-electron chi connectivity index (χ4n) is 2.26. The number of unbranched alkanes of at least 4 members (excludes halogenated alkanes) is 2. The lowest BCUT2D eigenvalue weighted by atomic mass is 10.1. The van der Waals surface area contributed by atoms with Gasteiger partial charge in [0, 0.05) is 12.6 Å². The van der Waals surface area contributed by atoms with Gasteiger partial charge in [0.15, 0.2) is 0 Å². The van der Waals surface area contributed by atoms with Crippen LogP contribution in [0, 0.1) is 5.92 Å². The number of rotatable bonds is 7. The Morgan fingerprint density at radius 2 is 1.31 bits per heavy atom. The van der Waals surface area contributed by atoms with Crippen molar-refractivity contribution >= 4 is 0 Å². The number of hydrogen-bond acceptors (Lipinski definition) is 2. The molecule has 2 nitrogen and oxygen atoms in total. The molecule has 160 valence electrons. The molecule has 0 bridgehead atoms.